The van der Waals surface area contributed by atoms with Crippen LogP contribution in [0.2, 0.25) is 0 Å². The molecule has 0 aliphatic carbocycles. The Bertz CT molecular complexity index is 619. The number of nitrogens with zero attached hydrogens (tertiary/aromatic N) is 1. The molecule has 2 aliphatic heterocycles. The van der Waals surface area contributed by atoms with Gasteiger partial charge < -0.3 is 20.1 Å². The molecule has 2 atom stereocenters. The highest BCUT2D eigenvalue weighted by atomic mass is 19.1. The predicted molar refractivity (Wildman–Crippen MR) is 70.0 cm³/mol. The molecule has 1 aromatic rings. The second-order valence-electron chi connectivity index (χ2n) is 5.15. The molecule has 112 valence electrons. The van der Waals surface area contributed by atoms with Gasteiger partial charge in [0, 0.05) is 12.0 Å². The second-order valence-corrected chi connectivity index (χ2v) is 5.15. The first-order valence-corrected chi connectivity index (χ1v) is 6.66. The van der Waals surface area contributed by atoms with Gasteiger partial charge in [0.15, 0.2) is 0 Å². The largest absolute Gasteiger partial charge is 0.496 e. The summed E-state index contributed by atoms with van der Waals surface area (Å²) in [5.74, 6) is -0.808. The minimum absolute atomic E-state index is 0.0643. The molecule has 0 aromatic heterocycles. The van der Waals surface area contributed by atoms with E-state index in [1.54, 1.807) is 0 Å². The van der Waals surface area contributed by atoms with Gasteiger partial charge >= 0.3 is 0 Å². The molecule has 2 unspecified atom stereocenters. The van der Waals surface area contributed by atoms with Crippen molar-refractivity contribution in [2.75, 3.05) is 7.11 Å². The van der Waals surface area contributed by atoms with Crippen LogP contribution < -0.4 is 10.1 Å². The molecular formula is C14H15FN2O4. The Hall–Kier alpha value is -2.15. The zero-order valence-corrected chi connectivity index (χ0v) is 11.4. The molecule has 0 saturated carbocycles. The molecule has 2 aliphatic rings. The Kier molecular flexibility index (Phi) is 3.29. The Morgan fingerprint density at radius 2 is 2.19 bits per heavy atom. The average molecular weight is 294 g/mol. The first kappa shape index (κ1) is 13.8. The van der Waals surface area contributed by atoms with Gasteiger partial charge in [-0.25, -0.2) is 4.39 Å². The molecule has 2 N–H and O–H groups in total. The van der Waals surface area contributed by atoms with Crippen molar-refractivity contribution in [2.24, 2.45) is 0 Å². The number of halogens is 1. The number of methoxy groups -OCH3 is 1. The van der Waals surface area contributed by atoms with Gasteiger partial charge in [0.25, 0.3) is 5.91 Å². The van der Waals surface area contributed by atoms with Crippen molar-refractivity contribution in [3.8, 4) is 5.75 Å². The molecule has 1 fully saturated rings. The zero-order valence-electron chi connectivity index (χ0n) is 11.4. The molecule has 0 spiro atoms. The number of ether oxygens (including phenoxy) is 1. The molecule has 7 heteroatoms. The summed E-state index contributed by atoms with van der Waals surface area (Å²) < 4.78 is 19.0. The lowest BCUT2D eigenvalue weighted by atomic mass is 10.0. The van der Waals surface area contributed by atoms with Crippen LogP contribution in [-0.2, 0) is 11.3 Å². The highest BCUT2D eigenvalue weighted by Gasteiger charge is 2.41. The number of hydrogen-bond donors (Lipinski definition) is 2. The number of benzene rings is 1. The number of amides is 2. The number of aliphatic hydroxyl groups is 1. The van der Waals surface area contributed by atoms with Crippen LogP contribution in [0.15, 0.2) is 12.1 Å². The minimum Gasteiger partial charge on any atom is -0.496 e. The van der Waals surface area contributed by atoms with E-state index in [9.17, 15) is 19.1 Å². The first-order chi connectivity index (χ1) is 10.0. The lowest BCUT2D eigenvalue weighted by molar-refractivity contribution is -0.129. The van der Waals surface area contributed by atoms with Gasteiger partial charge in [-0.2, -0.15) is 0 Å². The molecule has 6 nitrogen and oxygen atoms in total. The van der Waals surface area contributed by atoms with Gasteiger partial charge in [0.05, 0.1) is 25.3 Å². The summed E-state index contributed by atoms with van der Waals surface area (Å²) in [5, 5.41) is 12.3. The Labute approximate surface area is 120 Å². The molecular weight excluding hydrogens is 279 g/mol. The van der Waals surface area contributed by atoms with E-state index >= 15 is 0 Å². The third kappa shape index (κ3) is 2.13. The van der Waals surface area contributed by atoms with E-state index in [0.29, 0.717) is 12.2 Å². The summed E-state index contributed by atoms with van der Waals surface area (Å²) in [5.41, 5.74) is 0.463. The van der Waals surface area contributed by atoms with Gasteiger partial charge in [-0.15, -0.1) is 0 Å². The lowest BCUT2D eigenvalue weighted by Gasteiger charge is -2.35. The number of rotatable bonds is 2. The number of carbonyl (C=O) groups is 2. The molecule has 2 heterocycles. The quantitative estimate of drug-likeness (QED) is 0.827. The van der Waals surface area contributed by atoms with Gasteiger partial charge in [-0.1, -0.05) is 0 Å². The van der Waals surface area contributed by atoms with Crippen LogP contribution >= 0.6 is 0 Å². The standard InChI is InChI=1S/C14H15FN2O4/c1-21-10-4-2-8(15)7-6-17(14(20)12(7)10)9-3-5-11(18)16-13(9)19/h2,4,9,13,19H,3,5-6H2,1H3,(H,16,18). The number of carbonyl (C=O) groups excluding carboxylic acids is 2. The molecule has 3 rings (SSSR count). The summed E-state index contributed by atoms with van der Waals surface area (Å²) in [6.45, 7) is 0.0643. The molecule has 2 amide bonds. The van der Waals surface area contributed by atoms with E-state index in [1.165, 1.54) is 24.1 Å². The monoisotopic (exact) mass is 294 g/mol. The van der Waals surface area contributed by atoms with Crippen LogP contribution in [0.5, 0.6) is 5.75 Å². The van der Waals surface area contributed by atoms with Gasteiger partial charge in [0.1, 0.15) is 17.8 Å². The fraction of sp³-hybridized carbons (Fsp3) is 0.429. The summed E-state index contributed by atoms with van der Waals surface area (Å²) in [7, 11) is 1.42. The van der Waals surface area contributed by atoms with E-state index in [0.717, 1.165) is 0 Å². The maximum absolute atomic E-state index is 13.9. The number of piperidine rings is 1. The highest BCUT2D eigenvalue weighted by molar-refractivity contribution is 6.01. The fourth-order valence-electron chi connectivity index (χ4n) is 2.91. The molecule has 1 saturated heterocycles. The van der Waals surface area contributed by atoms with Crippen molar-refractivity contribution in [2.45, 2.75) is 31.7 Å². The van der Waals surface area contributed by atoms with Gasteiger partial charge in [0.2, 0.25) is 5.91 Å². The summed E-state index contributed by atoms with van der Waals surface area (Å²) >= 11 is 0. The van der Waals surface area contributed by atoms with Crippen LogP contribution in [-0.4, -0.2) is 41.2 Å². The zero-order chi connectivity index (χ0) is 15.1. The normalized spacial score (nSPS) is 24.8. The number of aliphatic hydroxyl groups excluding tert-OH is 1. The fourth-order valence-corrected chi connectivity index (χ4v) is 2.91. The van der Waals surface area contributed by atoms with E-state index in [2.05, 4.69) is 5.32 Å². The molecule has 1 aromatic carbocycles. The van der Waals surface area contributed by atoms with Crippen LogP contribution in [0.4, 0.5) is 4.39 Å². The lowest BCUT2D eigenvalue weighted by Crippen LogP contribution is -2.55. The topological polar surface area (TPSA) is 78.9 Å². The number of nitrogens with one attached hydrogen (secondary N) is 1. The third-order valence-electron chi connectivity index (χ3n) is 3.98. The number of hydrogen-bond acceptors (Lipinski definition) is 4. The highest BCUT2D eigenvalue weighted by Crippen LogP contribution is 2.35. The smallest absolute Gasteiger partial charge is 0.258 e. The average Bonchev–Trinajstić information content (AvgIpc) is 2.79. The summed E-state index contributed by atoms with van der Waals surface area (Å²) in [6, 6.07) is 2.11. The van der Waals surface area contributed by atoms with Crippen molar-refractivity contribution in [1.82, 2.24) is 10.2 Å². The first-order valence-electron chi connectivity index (χ1n) is 6.66. The SMILES string of the molecule is COc1ccc(F)c2c1C(=O)N(C1CCC(=O)NC1O)C2. The minimum atomic E-state index is -1.14. The summed E-state index contributed by atoms with van der Waals surface area (Å²) in [4.78, 5) is 25.1. The van der Waals surface area contributed by atoms with E-state index in [1.807, 2.05) is 0 Å². The Morgan fingerprint density at radius 1 is 1.43 bits per heavy atom. The van der Waals surface area contributed by atoms with Crippen LogP contribution in [0, 0.1) is 5.82 Å². The van der Waals surface area contributed by atoms with Crippen molar-refractivity contribution in [1.29, 1.82) is 0 Å². The molecule has 0 bridgehead atoms. The van der Waals surface area contributed by atoms with Crippen molar-refractivity contribution < 1.29 is 23.8 Å². The summed E-state index contributed by atoms with van der Waals surface area (Å²) in [6.07, 6.45) is -0.573. The molecule has 21 heavy (non-hydrogen) atoms. The van der Waals surface area contributed by atoms with Crippen LogP contribution in [0.25, 0.3) is 0 Å². The van der Waals surface area contributed by atoms with Crippen LogP contribution in [0.1, 0.15) is 28.8 Å². The van der Waals surface area contributed by atoms with E-state index in [4.69, 9.17) is 4.74 Å². The molecule has 0 radical (unpaired) electrons. The Morgan fingerprint density at radius 3 is 2.86 bits per heavy atom. The van der Waals surface area contributed by atoms with Gasteiger partial charge in [-0.05, 0) is 18.6 Å². The third-order valence-corrected chi connectivity index (χ3v) is 3.98. The predicted octanol–water partition coefficient (Wildman–Crippen LogP) is 0.387. The van der Waals surface area contributed by atoms with E-state index < -0.39 is 18.1 Å². The Balaban J connectivity index is 1.93. The second kappa shape index (κ2) is 5.00. The maximum atomic E-state index is 13.9. The maximum Gasteiger partial charge on any atom is 0.258 e. The van der Waals surface area contributed by atoms with E-state index in [-0.39, 0.29) is 35.9 Å². The number of fused-ring (bicyclic) bond motifs is 1. The van der Waals surface area contributed by atoms with Gasteiger partial charge in [-0.3, -0.25) is 9.59 Å². The van der Waals surface area contributed by atoms with Crippen molar-refractivity contribution >= 4 is 11.8 Å². The van der Waals surface area contributed by atoms with Crippen molar-refractivity contribution in [3.05, 3.63) is 29.1 Å². The van der Waals surface area contributed by atoms with Crippen LogP contribution in [0.3, 0.4) is 0 Å². The van der Waals surface area contributed by atoms with Crippen molar-refractivity contribution in [3.63, 3.8) is 0 Å².